The molecular weight excluding hydrogens is 506 g/mol. The highest BCUT2D eigenvalue weighted by molar-refractivity contribution is 7.20. The number of primary amides is 1. The lowest BCUT2D eigenvalue weighted by atomic mass is 9.96. The Morgan fingerprint density at radius 3 is 2.46 bits per heavy atom. The van der Waals surface area contributed by atoms with Crippen molar-refractivity contribution in [2.24, 2.45) is 5.73 Å². The summed E-state index contributed by atoms with van der Waals surface area (Å²) in [6.45, 7) is 4.45. The van der Waals surface area contributed by atoms with Crippen molar-refractivity contribution in [3.05, 3.63) is 76.6 Å². The van der Waals surface area contributed by atoms with Crippen LogP contribution in [0.25, 0.3) is 10.4 Å². The molecule has 1 aromatic carbocycles. The van der Waals surface area contributed by atoms with Gasteiger partial charge in [-0.05, 0) is 56.7 Å². The van der Waals surface area contributed by atoms with E-state index < -0.39 is 29.0 Å². The molecule has 4 rings (SSSR count). The van der Waals surface area contributed by atoms with E-state index in [1.54, 1.807) is 25.1 Å². The SMILES string of the molecule is Cc1noc(C(=O)NCc2cccc(Nc3sc(-c4c(F)cc(C(C)(C)O)cc4F)cc3C(N)=O)n2)n1. The van der Waals surface area contributed by atoms with Crippen molar-refractivity contribution in [2.45, 2.75) is 32.9 Å². The number of halogens is 2. The van der Waals surface area contributed by atoms with Gasteiger partial charge in [0.25, 0.3) is 5.91 Å². The molecule has 0 saturated carbocycles. The molecule has 0 radical (unpaired) electrons. The lowest BCUT2D eigenvalue weighted by Crippen LogP contribution is -2.23. The topological polar surface area (TPSA) is 156 Å². The lowest BCUT2D eigenvalue weighted by Gasteiger charge is -2.18. The van der Waals surface area contributed by atoms with E-state index in [2.05, 4.69) is 25.8 Å². The van der Waals surface area contributed by atoms with E-state index >= 15 is 0 Å². The van der Waals surface area contributed by atoms with Gasteiger partial charge in [-0.2, -0.15) is 4.98 Å². The molecule has 3 aromatic heterocycles. The molecule has 37 heavy (non-hydrogen) atoms. The summed E-state index contributed by atoms with van der Waals surface area (Å²) in [5.74, 6) is -2.73. The van der Waals surface area contributed by atoms with Crippen molar-refractivity contribution >= 4 is 34.0 Å². The Bertz CT molecular complexity index is 1470. The molecule has 10 nitrogen and oxygen atoms in total. The monoisotopic (exact) mass is 528 g/mol. The second kappa shape index (κ2) is 10.0. The van der Waals surface area contributed by atoms with Crippen LogP contribution in [0.15, 0.2) is 40.9 Å². The predicted molar refractivity (Wildman–Crippen MR) is 131 cm³/mol. The Balaban J connectivity index is 1.58. The highest BCUT2D eigenvalue weighted by Crippen LogP contribution is 2.40. The van der Waals surface area contributed by atoms with Crippen molar-refractivity contribution in [2.75, 3.05) is 5.32 Å². The first-order valence-electron chi connectivity index (χ1n) is 10.9. The fraction of sp³-hybridized carbons (Fsp3) is 0.208. The molecule has 0 aliphatic heterocycles. The highest BCUT2D eigenvalue weighted by atomic mass is 32.1. The van der Waals surface area contributed by atoms with E-state index in [1.807, 2.05) is 0 Å². The average molecular weight is 529 g/mol. The third-order valence-corrected chi connectivity index (χ3v) is 6.26. The van der Waals surface area contributed by atoms with E-state index in [4.69, 9.17) is 10.3 Å². The minimum absolute atomic E-state index is 0.0117. The number of carbonyl (C=O) groups excluding carboxylic acids is 2. The quantitative estimate of drug-likeness (QED) is 0.269. The van der Waals surface area contributed by atoms with Crippen LogP contribution in [0.1, 0.15) is 52.0 Å². The van der Waals surface area contributed by atoms with Crippen LogP contribution >= 0.6 is 11.3 Å². The molecule has 0 spiro atoms. The van der Waals surface area contributed by atoms with Gasteiger partial charge in [-0.15, -0.1) is 11.3 Å². The van der Waals surface area contributed by atoms with Crippen LogP contribution in [0.4, 0.5) is 19.6 Å². The second-order valence-electron chi connectivity index (χ2n) is 8.56. The summed E-state index contributed by atoms with van der Waals surface area (Å²) in [7, 11) is 0. The zero-order chi connectivity index (χ0) is 26.9. The molecule has 3 heterocycles. The number of benzene rings is 1. The number of pyridine rings is 1. The molecule has 0 aliphatic carbocycles. The van der Waals surface area contributed by atoms with Crippen LogP contribution in [0.2, 0.25) is 0 Å². The Morgan fingerprint density at radius 2 is 1.86 bits per heavy atom. The number of aryl methyl sites for hydroxylation is 1. The van der Waals surface area contributed by atoms with Gasteiger partial charge in [-0.1, -0.05) is 11.2 Å². The average Bonchev–Trinajstić information content (AvgIpc) is 3.43. The minimum atomic E-state index is -1.44. The van der Waals surface area contributed by atoms with Gasteiger partial charge in [-0.25, -0.2) is 13.8 Å². The number of anilines is 2. The first-order valence-corrected chi connectivity index (χ1v) is 11.7. The Morgan fingerprint density at radius 1 is 1.16 bits per heavy atom. The molecule has 192 valence electrons. The summed E-state index contributed by atoms with van der Waals surface area (Å²) in [4.78, 5) is 32.5. The summed E-state index contributed by atoms with van der Waals surface area (Å²) >= 11 is 0.909. The molecule has 0 fully saturated rings. The molecule has 0 unspecified atom stereocenters. The first-order chi connectivity index (χ1) is 17.4. The summed E-state index contributed by atoms with van der Waals surface area (Å²) in [6.07, 6.45) is 0. The number of hydrogen-bond donors (Lipinski definition) is 4. The zero-order valence-electron chi connectivity index (χ0n) is 19.9. The van der Waals surface area contributed by atoms with Gasteiger partial charge in [0.1, 0.15) is 22.5 Å². The summed E-state index contributed by atoms with van der Waals surface area (Å²) in [5.41, 5.74) is 4.25. The standard InChI is InChI=1S/C24H22F2N6O4S/c1-11-29-22(36-32-11)21(34)28-10-13-5-4-6-18(30-13)31-23-14(20(27)33)9-17(37-23)19-15(25)7-12(8-16(19)26)24(2,3)35/h4-9,35H,10H2,1-3H3,(H2,27,33)(H,28,34)(H,30,31). The number of thiophene rings is 1. The number of nitrogens with zero attached hydrogens (tertiary/aromatic N) is 3. The van der Waals surface area contributed by atoms with E-state index in [0.29, 0.717) is 17.3 Å². The van der Waals surface area contributed by atoms with Crippen LogP contribution in [0.5, 0.6) is 0 Å². The number of aromatic nitrogens is 3. The molecule has 0 bridgehead atoms. The van der Waals surface area contributed by atoms with Crippen LogP contribution in [-0.4, -0.2) is 32.0 Å². The molecule has 0 atom stereocenters. The maximum absolute atomic E-state index is 14.9. The van der Waals surface area contributed by atoms with Gasteiger partial charge in [0.15, 0.2) is 5.82 Å². The highest BCUT2D eigenvalue weighted by Gasteiger charge is 2.24. The normalized spacial score (nSPS) is 11.4. The number of nitrogens with two attached hydrogens (primary N) is 1. The van der Waals surface area contributed by atoms with E-state index in [1.165, 1.54) is 19.9 Å². The molecule has 0 saturated heterocycles. The maximum atomic E-state index is 14.9. The van der Waals surface area contributed by atoms with Crippen LogP contribution < -0.4 is 16.4 Å². The minimum Gasteiger partial charge on any atom is -0.386 e. The van der Waals surface area contributed by atoms with Gasteiger partial charge >= 0.3 is 11.8 Å². The van der Waals surface area contributed by atoms with Crippen molar-refractivity contribution in [3.63, 3.8) is 0 Å². The third-order valence-electron chi connectivity index (χ3n) is 5.19. The molecule has 2 amide bonds. The second-order valence-corrected chi connectivity index (χ2v) is 9.61. The van der Waals surface area contributed by atoms with Crippen LogP contribution in [0.3, 0.4) is 0 Å². The largest absolute Gasteiger partial charge is 0.386 e. The molecular formula is C24H22F2N6O4S. The van der Waals surface area contributed by atoms with Crippen molar-refractivity contribution in [1.82, 2.24) is 20.4 Å². The molecule has 5 N–H and O–H groups in total. The fourth-order valence-corrected chi connectivity index (χ4v) is 4.47. The maximum Gasteiger partial charge on any atom is 0.315 e. The van der Waals surface area contributed by atoms with Gasteiger partial charge in [-0.3, -0.25) is 9.59 Å². The number of hydrogen-bond acceptors (Lipinski definition) is 9. The van der Waals surface area contributed by atoms with Gasteiger partial charge in [0.2, 0.25) is 0 Å². The Hall–Kier alpha value is -4.23. The van der Waals surface area contributed by atoms with E-state index in [9.17, 15) is 23.5 Å². The number of aliphatic hydroxyl groups is 1. The van der Waals surface area contributed by atoms with E-state index in [0.717, 1.165) is 23.5 Å². The lowest BCUT2D eigenvalue weighted by molar-refractivity contribution is 0.0778. The van der Waals surface area contributed by atoms with Gasteiger partial charge < -0.3 is 26.0 Å². The van der Waals surface area contributed by atoms with Crippen LogP contribution in [0, 0.1) is 18.6 Å². The predicted octanol–water partition coefficient (Wildman–Crippen LogP) is 3.78. The summed E-state index contributed by atoms with van der Waals surface area (Å²) < 4.78 is 34.6. The van der Waals surface area contributed by atoms with Crippen LogP contribution in [-0.2, 0) is 12.1 Å². The Kier molecular flexibility index (Phi) is 7.01. The molecule has 13 heteroatoms. The van der Waals surface area contributed by atoms with Gasteiger partial charge in [0.05, 0.1) is 29.0 Å². The van der Waals surface area contributed by atoms with Crippen molar-refractivity contribution in [3.8, 4) is 10.4 Å². The summed E-state index contributed by atoms with van der Waals surface area (Å²) in [5, 5.41) is 19.4. The Labute approximate surface area is 213 Å². The first kappa shape index (κ1) is 25.9. The van der Waals surface area contributed by atoms with E-state index in [-0.39, 0.29) is 39.0 Å². The fourth-order valence-electron chi connectivity index (χ4n) is 3.35. The third kappa shape index (κ3) is 5.78. The number of amides is 2. The van der Waals surface area contributed by atoms with Gasteiger partial charge in [0, 0.05) is 4.88 Å². The number of rotatable bonds is 8. The van der Waals surface area contributed by atoms with Crippen molar-refractivity contribution < 1.29 is 28.0 Å². The molecule has 0 aliphatic rings. The number of nitrogens with one attached hydrogen (secondary N) is 2. The zero-order valence-corrected chi connectivity index (χ0v) is 20.7. The number of carbonyl (C=O) groups is 2. The smallest absolute Gasteiger partial charge is 0.315 e. The molecule has 4 aromatic rings. The summed E-state index contributed by atoms with van der Waals surface area (Å²) in [6, 6.07) is 8.32. The van der Waals surface area contributed by atoms with Crippen molar-refractivity contribution in [1.29, 1.82) is 0 Å².